The van der Waals surface area contributed by atoms with Gasteiger partial charge >= 0.3 is 0 Å². The van der Waals surface area contributed by atoms with Gasteiger partial charge in [0.25, 0.3) is 0 Å². The van der Waals surface area contributed by atoms with Gasteiger partial charge in [0.15, 0.2) is 0 Å². The van der Waals surface area contributed by atoms with E-state index in [1.165, 1.54) is 15.8 Å². The number of nitrogens with zero attached hydrogens (tertiary/aromatic N) is 2. The highest BCUT2D eigenvalue weighted by Crippen LogP contribution is 2.36. The number of anilines is 1. The van der Waals surface area contributed by atoms with Crippen molar-refractivity contribution in [1.29, 1.82) is 0 Å². The first-order valence-electron chi connectivity index (χ1n) is 8.36. The lowest BCUT2D eigenvalue weighted by molar-refractivity contribution is 0.170. The van der Waals surface area contributed by atoms with Crippen LogP contribution in [-0.4, -0.2) is 27.1 Å². The van der Waals surface area contributed by atoms with Gasteiger partial charge in [0.05, 0.1) is 5.39 Å². The van der Waals surface area contributed by atoms with Crippen LogP contribution in [0.15, 0.2) is 0 Å². The van der Waals surface area contributed by atoms with Crippen molar-refractivity contribution in [3.05, 3.63) is 16.3 Å². The average Bonchev–Trinajstić information content (AvgIpc) is 2.60. The highest BCUT2D eigenvalue weighted by Gasteiger charge is 2.38. The molecule has 0 spiro atoms. The van der Waals surface area contributed by atoms with Crippen LogP contribution in [0, 0.1) is 20.8 Å². The molecule has 0 aliphatic carbocycles. The maximum atomic E-state index is 4.73. The number of hydrogen-bond donors (Lipinski definition) is 2. The summed E-state index contributed by atoms with van der Waals surface area (Å²) in [6.07, 6.45) is 2.17. The SMILES string of the molecule is Cc1nc(NC2CC(C)(C)NC(C)(C)C2)c2c(C)c(C)sc2n1. The van der Waals surface area contributed by atoms with Crippen molar-refractivity contribution in [3.8, 4) is 0 Å². The van der Waals surface area contributed by atoms with E-state index in [4.69, 9.17) is 4.98 Å². The van der Waals surface area contributed by atoms with Gasteiger partial charge in [-0.05, 0) is 66.9 Å². The van der Waals surface area contributed by atoms with Gasteiger partial charge in [0.1, 0.15) is 16.5 Å². The number of piperidine rings is 1. The zero-order valence-corrected chi connectivity index (χ0v) is 16.1. The predicted molar refractivity (Wildman–Crippen MR) is 99.6 cm³/mol. The molecule has 3 rings (SSSR count). The third-order valence-corrected chi connectivity index (χ3v) is 5.77. The minimum absolute atomic E-state index is 0.125. The van der Waals surface area contributed by atoms with Gasteiger partial charge < -0.3 is 10.6 Å². The molecule has 2 N–H and O–H groups in total. The van der Waals surface area contributed by atoms with Crippen LogP contribution in [0.25, 0.3) is 10.2 Å². The largest absolute Gasteiger partial charge is 0.367 e. The fourth-order valence-electron chi connectivity index (χ4n) is 4.08. The number of aryl methyl sites for hydroxylation is 3. The zero-order chi connectivity index (χ0) is 17.0. The molecule has 5 heteroatoms. The Bertz CT molecular complexity index is 729. The van der Waals surface area contributed by atoms with E-state index in [1.807, 2.05) is 6.92 Å². The smallest absolute Gasteiger partial charge is 0.139 e. The molecule has 1 fully saturated rings. The summed E-state index contributed by atoms with van der Waals surface area (Å²) >= 11 is 1.77. The van der Waals surface area contributed by atoms with Crippen LogP contribution < -0.4 is 10.6 Å². The topological polar surface area (TPSA) is 49.8 Å². The van der Waals surface area contributed by atoms with E-state index >= 15 is 0 Å². The molecule has 0 radical (unpaired) electrons. The first kappa shape index (κ1) is 16.7. The van der Waals surface area contributed by atoms with Crippen LogP contribution >= 0.6 is 11.3 Å². The molecule has 0 amide bonds. The van der Waals surface area contributed by atoms with E-state index < -0.39 is 0 Å². The molecule has 0 atom stereocenters. The Morgan fingerprint density at radius 2 is 1.65 bits per heavy atom. The summed E-state index contributed by atoms with van der Waals surface area (Å²) in [4.78, 5) is 11.8. The molecule has 0 bridgehead atoms. The number of aromatic nitrogens is 2. The van der Waals surface area contributed by atoms with Crippen LogP contribution in [0.5, 0.6) is 0 Å². The Kier molecular flexibility index (Phi) is 3.92. The lowest BCUT2D eigenvalue weighted by atomic mass is 9.79. The van der Waals surface area contributed by atoms with Crippen LogP contribution in [0.2, 0.25) is 0 Å². The Morgan fingerprint density at radius 3 is 2.26 bits per heavy atom. The van der Waals surface area contributed by atoms with Gasteiger partial charge in [-0.15, -0.1) is 11.3 Å². The molecule has 1 aliphatic rings. The summed E-state index contributed by atoms with van der Waals surface area (Å²) < 4.78 is 0. The molecule has 0 aromatic carbocycles. The fraction of sp³-hybridized carbons (Fsp3) is 0.667. The van der Waals surface area contributed by atoms with Crippen molar-refractivity contribution in [1.82, 2.24) is 15.3 Å². The van der Waals surface area contributed by atoms with Crippen molar-refractivity contribution in [3.63, 3.8) is 0 Å². The fourth-order valence-corrected chi connectivity index (χ4v) is 5.15. The molecule has 2 aromatic rings. The Hall–Kier alpha value is -1.20. The normalized spacial score (nSPS) is 20.8. The quantitative estimate of drug-likeness (QED) is 0.859. The molecular formula is C18H28N4S. The highest BCUT2D eigenvalue weighted by atomic mass is 32.1. The lowest BCUT2D eigenvalue weighted by Gasteiger charge is -2.46. The predicted octanol–water partition coefficient (Wildman–Crippen LogP) is 4.34. The monoisotopic (exact) mass is 332 g/mol. The Balaban J connectivity index is 1.98. The third kappa shape index (κ3) is 3.36. The molecule has 3 heterocycles. The average molecular weight is 333 g/mol. The van der Waals surface area contributed by atoms with Crippen LogP contribution in [0.4, 0.5) is 5.82 Å². The van der Waals surface area contributed by atoms with E-state index in [0.29, 0.717) is 6.04 Å². The summed E-state index contributed by atoms with van der Waals surface area (Å²) in [6.45, 7) is 15.4. The van der Waals surface area contributed by atoms with Gasteiger partial charge in [-0.25, -0.2) is 9.97 Å². The highest BCUT2D eigenvalue weighted by molar-refractivity contribution is 7.18. The van der Waals surface area contributed by atoms with Crippen LogP contribution in [0.3, 0.4) is 0 Å². The van der Waals surface area contributed by atoms with Crippen molar-refractivity contribution in [2.75, 3.05) is 5.32 Å². The summed E-state index contributed by atoms with van der Waals surface area (Å²) in [6, 6.07) is 0.415. The van der Waals surface area contributed by atoms with E-state index in [-0.39, 0.29) is 11.1 Å². The molecular weight excluding hydrogens is 304 g/mol. The summed E-state index contributed by atoms with van der Waals surface area (Å²) in [5.74, 6) is 1.85. The number of nitrogens with one attached hydrogen (secondary N) is 2. The maximum Gasteiger partial charge on any atom is 0.139 e. The molecule has 23 heavy (non-hydrogen) atoms. The van der Waals surface area contributed by atoms with Crippen molar-refractivity contribution in [2.45, 2.75) is 78.4 Å². The molecule has 4 nitrogen and oxygen atoms in total. The number of thiophene rings is 1. The first-order valence-corrected chi connectivity index (χ1v) is 9.18. The number of hydrogen-bond acceptors (Lipinski definition) is 5. The third-order valence-electron chi connectivity index (χ3n) is 4.67. The van der Waals surface area contributed by atoms with Gasteiger partial charge in [-0.3, -0.25) is 0 Å². The van der Waals surface area contributed by atoms with Gasteiger partial charge in [0, 0.05) is 22.0 Å². The lowest BCUT2D eigenvalue weighted by Crippen LogP contribution is -2.60. The summed E-state index contributed by atoms with van der Waals surface area (Å²) in [7, 11) is 0. The van der Waals surface area contributed by atoms with Crippen molar-refractivity contribution >= 4 is 27.4 Å². The molecule has 2 aromatic heterocycles. The van der Waals surface area contributed by atoms with E-state index in [0.717, 1.165) is 29.3 Å². The zero-order valence-electron chi connectivity index (χ0n) is 15.3. The second-order valence-electron chi connectivity index (χ2n) is 8.23. The van der Waals surface area contributed by atoms with Gasteiger partial charge in [-0.1, -0.05) is 0 Å². The number of rotatable bonds is 2. The van der Waals surface area contributed by atoms with E-state index in [9.17, 15) is 0 Å². The molecule has 1 saturated heterocycles. The summed E-state index contributed by atoms with van der Waals surface area (Å²) in [5.41, 5.74) is 1.56. The van der Waals surface area contributed by atoms with Gasteiger partial charge in [0.2, 0.25) is 0 Å². The maximum absolute atomic E-state index is 4.73. The minimum atomic E-state index is 0.125. The van der Waals surface area contributed by atoms with Gasteiger partial charge in [-0.2, -0.15) is 0 Å². The summed E-state index contributed by atoms with van der Waals surface area (Å²) in [5, 5.41) is 8.69. The van der Waals surface area contributed by atoms with Crippen LogP contribution in [0.1, 0.15) is 56.8 Å². The Morgan fingerprint density at radius 1 is 1.04 bits per heavy atom. The van der Waals surface area contributed by atoms with E-state index in [1.54, 1.807) is 11.3 Å². The second kappa shape index (κ2) is 5.42. The first-order chi connectivity index (χ1) is 10.6. The van der Waals surface area contributed by atoms with Crippen LogP contribution in [-0.2, 0) is 0 Å². The Labute approximate surface area is 143 Å². The van der Waals surface area contributed by atoms with E-state index in [2.05, 4.69) is 57.2 Å². The second-order valence-corrected chi connectivity index (χ2v) is 9.43. The number of fused-ring (bicyclic) bond motifs is 1. The van der Waals surface area contributed by atoms with Crippen molar-refractivity contribution in [2.24, 2.45) is 0 Å². The molecule has 126 valence electrons. The van der Waals surface area contributed by atoms with Crippen molar-refractivity contribution < 1.29 is 0 Å². The molecule has 0 saturated carbocycles. The standard InChI is InChI=1S/C18H28N4S/c1-10-11(2)23-16-14(10)15(19-12(3)20-16)21-13-8-17(4,5)22-18(6,7)9-13/h13,22H,8-9H2,1-7H3,(H,19,20,21). The molecule has 1 aliphatic heterocycles. The molecule has 0 unspecified atom stereocenters. The minimum Gasteiger partial charge on any atom is -0.367 e.